The van der Waals surface area contributed by atoms with E-state index in [-0.39, 0.29) is 52.4 Å². The molecule has 11 nitrogen and oxygen atoms in total. The average Bonchev–Trinajstić information content (AvgIpc) is 2.55. The molecule has 1 heterocycles. The Bertz CT molecular complexity index is 556. The third-order valence-corrected chi connectivity index (χ3v) is 4.16. The monoisotopic (exact) mass is 399 g/mol. The van der Waals surface area contributed by atoms with Crippen LogP contribution in [0.25, 0.3) is 0 Å². The van der Waals surface area contributed by atoms with Crippen LogP contribution in [-0.4, -0.2) is 114 Å². The number of hydrogen-bond acceptors (Lipinski definition) is 11. The standard InChI is InChI=1S/C17H30N4O7/c1-14(22)10-18-2-4-19(11-15(23)24)6-8-21(13-17(27)28)9-7-20(5-3-18)12-16(25)26/h2,4,14,22H,3,5-13H2,1H3,(H,23,24)(H,25,26)(H,27,28)/p-3. The molecule has 0 aromatic rings. The van der Waals surface area contributed by atoms with Gasteiger partial charge in [0.05, 0.1) is 30.6 Å². The number of nitrogens with zero attached hydrogens (tertiary/aromatic N) is 4. The van der Waals surface area contributed by atoms with Crippen LogP contribution in [0, 0.1) is 0 Å². The van der Waals surface area contributed by atoms with Gasteiger partial charge in [0.1, 0.15) is 0 Å². The lowest BCUT2D eigenvalue weighted by Gasteiger charge is -2.33. The first kappa shape index (κ1) is 23.7. The molecule has 0 saturated carbocycles. The van der Waals surface area contributed by atoms with Crippen LogP contribution in [0.2, 0.25) is 0 Å². The molecule has 1 rings (SSSR count). The van der Waals surface area contributed by atoms with Crippen LogP contribution >= 0.6 is 0 Å². The van der Waals surface area contributed by atoms with Crippen molar-refractivity contribution < 1.29 is 34.8 Å². The molecule has 0 saturated heterocycles. The van der Waals surface area contributed by atoms with Crippen LogP contribution in [-0.2, 0) is 14.4 Å². The van der Waals surface area contributed by atoms with Gasteiger partial charge in [0, 0.05) is 71.3 Å². The van der Waals surface area contributed by atoms with Crippen molar-refractivity contribution in [1.82, 2.24) is 19.6 Å². The minimum atomic E-state index is -1.27. The molecular weight excluding hydrogens is 372 g/mol. The first-order valence-electron chi connectivity index (χ1n) is 9.04. The molecule has 0 fully saturated rings. The minimum Gasteiger partial charge on any atom is -0.549 e. The van der Waals surface area contributed by atoms with Crippen LogP contribution in [0.3, 0.4) is 0 Å². The van der Waals surface area contributed by atoms with Gasteiger partial charge in [-0.05, 0) is 6.92 Å². The highest BCUT2D eigenvalue weighted by Crippen LogP contribution is 2.02. The van der Waals surface area contributed by atoms with Gasteiger partial charge in [0.15, 0.2) is 0 Å². The fourth-order valence-electron chi connectivity index (χ4n) is 2.85. The number of rotatable bonds is 8. The van der Waals surface area contributed by atoms with Crippen molar-refractivity contribution in [2.24, 2.45) is 0 Å². The van der Waals surface area contributed by atoms with Crippen LogP contribution in [0.1, 0.15) is 6.92 Å². The maximum atomic E-state index is 11.0. The number of aliphatic hydroxyl groups excluding tert-OH is 1. The molecule has 0 radical (unpaired) electrons. The van der Waals surface area contributed by atoms with E-state index >= 15 is 0 Å². The molecule has 11 heteroatoms. The third kappa shape index (κ3) is 10.7. The fraction of sp³-hybridized carbons (Fsp3) is 0.706. The van der Waals surface area contributed by atoms with Crippen molar-refractivity contribution in [2.75, 3.05) is 65.4 Å². The van der Waals surface area contributed by atoms with Gasteiger partial charge in [-0.2, -0.15) is 0 Å². The first-order valence-corrected chi connectivity index (χ1v) is 9.04. The summed E-state index contributed by atoms with van der Waals surface area (Å²) < 4.78 is 0. The molecule has 1 N–H and O–H groups in total. The number of carboxylic acid groups (broad SMARTS) is 3. The summed E-state index contributed by atoms with van der Waals surface area (Å²) in [6.45, 7) is 2.61. The van der Waals surface area contributed by atoms with Crippen molar-refractivity contribution in [3.8, 4) is 0 Å². The van der Waals surface area contributed by atoms with Gasteiger partial charge in [0.2, 0.25) is 0 Å². The number of carboxylic acids is 3. The Morgan fingerprint density at radius 1 is 0.786 bits per heavy atom. The highest BCUT2D eigenvalue weighted by molar-refractivity contribution is 5.67. The van der Waals surface area contributed by atoms with E-state index < -0.39 is 24.0 Å². The van der Waals surface area contributed by atoms with Crippen molar-refractivity contribution in [3.63, 3.8) is 0 Å². The zero-order valence-corrected chi connectivity index (χ0v) is 16.0. The summed E-state index contributed by atoms with van der Waals surface area (Å²) in [7, 11) is 0. The molecule has 1 aliphatic rings. The number of aliphatic carboxylic acids is 3. The van der Waals surface area contributed by atoms with Crippen LogP contribution in [0.15, 0.2) is 12.4 Å². The number of carbonyl (C=O) groups is 3. The average molecular weight is 399 g/mol. The van der Waals surface area contributed by atoms with E-state index in [1.54, 1.807) is 34.0 Å². The molecule has 0 spiro atoms. The Morgan fingerprint density at radius 2 is 1.18 bits per heavy atom. The van der Waals surface area contributed by atoms with Crippen molar-refractivity contribution in [3.05, 3.63) is 12.4 Å². The summed E-state index contributed by atoms with van der Waals surface area (Å²) in [6.07, 6.45) is 2.53. The smallest absolute Gasteiger partial charge is 0.0686 e. The van der Waals surface area contributed by atoms with Gasteiger partial charge in [-0.1, -0.05) is 0 Å². The van der Waals surface area contributed by atoms with Gasteiger partial charge in [-0.3, -0.25) is 9.80 Å². The summed E-state index contributed by atoms with van der Waals surface area (Å²) in [4.78, 5) is 39.4. The third-order valence-electron chi connectivity index (χ3n) is 4.16. The molecule has 1 unspecified atom stereocenters. The van der Waals surface area contributed by atoms with Crippen molar-refractivity contribution in [1.29, 1.82) is 0 Å². The molecule has 1 aliphatic heterocycles. The SMILES string of the molecule is CC(O)CN1C=CN(CC(=O)[O-])CCN(CC(=O)[O-])CCN(CC(=O)[O-])CC1. The number of aliphatic hydroxyl groups is 1. The van der Waals surface area contributed by atoms with Crippen molar-refractivity contribution in [2.45, 2.75) is 13.0 Å². The first-order chi connectivity index (χ1) is 13.2. The zero-order valence-electron chi connectivity index (χ0n) is 16.0. The normalized spacial score (nSPS) is 18.9. The van der Waals surface area contributed by atoms with Gasteiger partial charge >= 0.3 is 0 Å². The summed E-state index contributed by atoms with van der Waals surface area (Å²) in [6, 6.07) is 0. The lowest BCUT2D eigenvalue weighted by atomic mass is 10.3. The second kappa shape index (κ2) is 12.2. The minimum absolute atomic E-state index is 0.223. The largest absolute Gasteiger partial charge is 0.549 e. The molecule has 0 aliphatic carbocycles. The quantitative estimate of drug-likeness (QED) is 0.415. The molecule has 1 atom stereocenters. The maximum absolute atomic E-state index is 11.0. The van der Waals surface area contributed by atoms with Crippen LogP contribution in [0.5, 0.6) is 0 Å². The van der Waals surface area contributed by atoms with E-state index in [2.05, 4.69) is 0 Å². The van der Waals surface area contributed by atoms with Crippen LogP contribution in [0.4, 0.5) is 0 Å². The molecule has 28 heavy (non-hydrogen) atoms. The van der Waals surface area contributed by atoms with E-state index in [0.29, 0.717) is 13.1 Å². The lowest BCUT2D eigenvalue weighted by molar-refractivity contribution is -0.308. The van der Waals surface area contributed by atoms with E-state index in [1.165, 1.54) is 4.90 Å². The predicted octanol–water partition coefficient (Wildman–Crippen LogP) is -5.69. The summed E-state index contributed by atoms with van der Waals surface area (Å²) in [5.74, 6) is -3.79. The zero-order chi connectivity index (χ0) is 21.1. The van der Waals surface area contributed by atoms with E-state index in [0.717, 1.165) is 0 Å². The Labute approximate surface area is 164 Å². The van der Waals surface area contributed by atoms with Gasteiger partial charge in [0.25, 0.3) is 0 Å². The Kier molecular flexibility index (Phi) is 10.3. The number of β-amino-alcohol motifs (C(OH)–C–C–N with tert-alkyl or cyclic N) is 1. The van der Waals surface area contributed by atoms with E-state index in [1.807, 2.05) is 0 Å². The van der Waals surface area contributed by atoms with E-state index in [9.17, 15) is 34.8 Å². The molecule has 0 bridgehead atoms. The Balaban J connectivity index is 2.99. The number of carbonyl (C=O) groups excluding carboxylic acids is 3. The second-order valence-electron chi connectivity index (χ2n) is 6.78. The Hall–Kier alpha value is -2.37. The molecule has 0 aromatic heterocycles. The fourth-order valence-corrected chi connectivity index (χ4v) is 2.85. The van der Waals surface area contributed by atoms with Crippen LogP contribution < -0.4 is 15.3 Å². The van der Waals surface area contributed by atoms with Gasteiger partial charge < -0.3 is 44.6 Å². The predicted molar refractivity (Wildman–Crippen MR) is 91.9 cm³/mol. The number of hydrogen-bond donors (Lipinski definition) is 1. The van der Waals surface area contributed by atoms with E-state index in [4.69, 9.17) is 0 Å². The highest BCUT2D eigenvalue weighted by Gasteiger charge is 2.14. The second-order valence-corrected chi connectivity index (χ2v) is 6.78. The maximum Gasteiger partial charge on any atom is 0.0686 e. The Morgan fingerprint density at radius 3 is 1.61 bits per heavy atom. The summed E-state index contributed by atoms with van der Waals surface area (Å²) >= 11 is 0. The molecular formula is C17H27N4O7-3. The van der Waals surface area contributed by atoms with Gasteiger partial charge in [-0.15, -0.1) is 0 Å². The summed E-state index contributed by atoms with van der Waals surface area (Å²) in [5, 5.41) is 42.6. The summed E-state index contributed by atoms with van der Waals surface area (Å²) in [5.41, 5.74) is 0. The molecule has 160 valence electrons. The molecule has 0 amide bonds. The van der Waals surface area contributed by atoms with Gasteiger partial charge in [-0.25, -0.2) is 0 Å². The van der Waals surface area contributed by atoms with Crippen molar-refractivity contribution >= 4 is 17.9 Å². The topological polar surface area (TPSA) is 154 Å². The highest BCUT2D eigenvalue weighted by atomic mass is 16.4. The molecule has 0 aromatic carbocycles. The lowest BCUT2D eigenvalue weighted by Crippen LogP contribution is -2.48.